The lowest BCUT2D eigenvalue weighted by molar-refractivity contribution is -0.141. The first kappa shape index (κ1) is 33.4. The van der Waals surface area contributed by atoms with Crippen LogP contribution in [-0.4, -0.2) is 63.0 Å². The maximum Gasteiger partial charge on any atom is 0.419 e. The third-order valence-electron chi connectivity index (χ3n) is 10.1. The van der Waals surface area contributed by atoms with E-state index in [1.54, 1.807) is 6.07 Å². The minimum atomic E-state index is -5.47. The van der Waals surface area contributed by atoms with Gasteiger partial charge in [-0.3, -0.25) is 10.00 Å². The Hall–Kier alpha value is -4.76. The third-order valence-corrected chi connectivity index (χ3v) is 11.1. The van der Waals surface area contributed by atoms with Gasteiger partial charge in [0.2, 0.25) is 0 Å². The molecule has 2 aromatic carbocycles. The minimum absolute atomic E-state index is 0.0569. The molecule has 3 aliphatic heterocycles. The Labute approximate surface area is 287 Å². The lowest BCUT2D eigenvalue weighted by Gasteiger charge is -2.32. The van der Waals surface area contributed by atoms with Crippen molar-refractivity contribution in [2.75, 3.05) is 36.9 Å². The number of nitrogen functional groups attached to an aromatic ring is 1. The van der Waals surface area contributed by atoms with Crippen molar-refractivity contribution in [2.45, 2.75) is 56.3 Å². The van der Waals surface area contributed by atoms with Crippen LogP contribution >= 0.6 is 11.3 Å². The number of anilines is 2. The van der Waals surface area contributed by atoms with Crippen molar-refractivity contribution in [1.29, 1.82) is 5.26 Å². The van der Waals surface area contributed by atoms with Gasteiger partial charge in [0.25, 0.3) is 0 Å². The molecule has 3 aromatic heterocycles. The number of hydrogen-bond donors (Lipinski definition) is 2. The fourth-order valence-electron chi connectivity index (χ4n) is 7.87. The monoisotopic (exact) mass is 734 g/mol. The number of nitrogens with one attached hydrogen (secondary N) is 1. The van der Waals surface area contributed by atoms with E-state index >= 15 is 26.3 Å². The second-order valence-electron chi connectivity index (χ2n) is 13.1. The first-order valence-electron chi connectivity index (χ1n) is 15.9. The summed E-state index contributed by atoms with van der Waals surface area (Å²) in [5.74, 6) is -1.21. The molecule has 51 heavy (non-hydrogen) atoms. The van der Waals surface area contributed by atoms with E-state index in [0.29, 0.717) is 42.4 Å². The molecule has 9 nitrogen and oxygen atoms in total. The lowest BCUT2D eigenvalue weighted by Crippen LogP contribution is -2.43. The Morgan fingerprint density at radius 1 is 1.14 bits per heavy atom. The second-order valence-corrected chi connectivity index (χ2v) is 14.1. The highest BCUT2D eigenvalue weighted by Crippen LogP contribution is 2.52. The highest BCUT2D eigenvalue weighted by molar-refractivity contribution is 7.23. The molecule has 0 radical (unpaired) electrons. The lowest BCUT2D eigenvalue weighted by atomic mass is 9.88. The predicted octanol–water partition coefficient (Wildman–Crippen LogP) is 7.38. The number of halogens is 8. The average Bonchev–Trinajstić information content (AvgIpc) is 3.83. The quantitative estimate of drug-likeness (QED) is 0.180. The Kier molecular flexibility index (Phi) is 7.62. The van der Waals surface area contributed by atoms with Crippen LogP contribution in [0.1, 0.15) is 47.2 Å². The molecule has 3 N–H and O–H groups in total. The topological polar surface area (TPSA) is 120 Å². The van der Waals surface area contributed by atoms with Crippen LogP contribution < -0.4 is 15.4 Å². The third kappa shape index (κ3) is 5.39. The fraction of sp³-hybridized carbons (Fsp3) is 0.394. The molecule has 0 bridgehead atoms. The molecule has 266 valence electrons. The number of benzene rings is 2. The van der Waals surface area contributed by atoms with Crippen molar-refractivity contribution in [1.82, 2.24) is 25.1 Å². The maximum atomic E-state index is 15.5. The van der Waals surface area contributed by atoms with Crippen molar-refractivity contribution in [3.63, 3.8) is 0 Å². The summed E-state index contributed by atoms with van der Waals surface area (Å²) in [4.78, 5) is 12.0. The highest BCUT2D eigenvalue weighted by Gasteiger charge is 2.50. The number of H-pyrrole nitrogens is 1. The molecule has 0 saturated carbocycles. The van der Waals surface area contributed by atoms with Crippen molar-refractivity contribution < 1.29 is 39.9 Å². The van der Waals surface area contributed by atoms with Gasteiger partial charge in [-0.05, 0) is 37.1 Å². The Morgan fingerprint density at radius 3 is 2.69 bits per heavy atom. The zero-order valence-electron chi connectivity index (χ0n) is 26.4. The van der Waals surface area contributed by atoms with Crippen molar-refractivity contribution in [3.05, 3.63) is 58.2 Å². The van der Waals surface area contributed by atoms with E-state index < -0.39 is 80.0 Å². The summed E-state index contributed by atoms with van der Waals surface area (Å²) in [6.45, 7) is 0.851. The van der Waals surface area contributed by atoms with Crippen LogP contribution in [0.4, 0.5) is 45.9 Å². The summed E-state index contributed by atoms with van der Waals surface area (Å²) in [5, 5.41) is 15.4. The van der Waals surface area contributed by atoms with Gasteiger partial charge in [-0.25, -0.2) is 8.78 Å². The normalized spacial score (nSPS) is 21.0. The predicted molar refractivity (Wildman–Crippen MR) is 171 cm³/mol. The first-order chi connectivity index (χ1) is 24.2. The number of alkyl halides is 7. The van der Waals surface area contributed by atoms with Gasteiger partial charge in [0.05, 0.1) is 38.6 Å². The van der Waals surface area contributed by atoms with Gasteiger partial charge in [-0.15, -0.1) is 11.3 Å². The minimum Gasteiger partial charge on any atom is -0.461 e. The second kappa shape index (κ2) is 11.6. The molecule has 2 atom stereocenters. The van der Waals surface area contributed by atoms with Crippen LogP contribution in [0.5, 0.6) is 6.01 Å². The number of nitriles is 1. The maximum absolute atomic E-state index is 15.5. The van der Waals surface area contributed by atoms with Crippen molar-refractivity contribution in [2.24, 2.45) is 0 Å². The summed E-state index contributed by atoms with van der Waals surface area (Å²) in [7, 11) is 0. The number of nitrogens with zero attached hydrogens (tertiary/aromatic N) is 6. The zero-order chi connectivity index (χ0) is 36.0. The van der Waals surface area contributed by atoms with E-state index in [9.17, 15) is 14.0 Å². The largest absolute Gasteiger partial charge is 0.461 e. The van der Waals surface area contributed by atoms with E-state index in [0.717, 1.165) is 24.2 Å². The first-order valence-corrected chi connectivity index (χ1v) is 16.7. The summed E-state index contributed by atoms with van der Waals surface area (Å²) >= 11 is 0.541. The van der Waals surface area contributed by atoms with Gasteiger partial charge < -0.3 is 15.4 Å². The molecular formula is C33H26F8N8OS. The Morgan fingerprint density at radius 2 is 1.94 bits per heavy atom. The van der Waals surface area contributed by atoms with Crippen LogP contribution in [0, 0.1) is 17.1 Å². The summed E-state index contributed by atoms with van der Waals surface area (Å²) < 4.78 is 127. The van der Waals surface area contributed by atoms with Gasteiger partial charge in [0, 0.05) is 60.1 Å². The van der Waals surface area contributed by atoms with Crippen LogP contribution in [0.3, 0.4) is 0 Å². The standard InChI is InChI=1S/C33H26F8N8OS/c34-16-9-31(5-1-6-49(31)13-16)14-50-30-45-26-18(29(46-30)48-7-4-22-15(12-48)11-44-47-22)8-20(32(36,37)38)24(25(26)33(39,40)41)17-2-3-21(35)27-23(17)19(10-42)28(43)51-27/h2-3,8,11,16H,1,4-7,9,12-14,43H2,(H,44,47)/t16-,31+/m1/s1. The number of rotatable bonds is 5. The van der Waals surface area contributed by atoms with E-state index in [-0.39, 0.29) is 48.2 Å². The number of ether oxygens (including phenoxy) is 1. The van der Waals surface area contributed by atoms with Crippen LogP contribution in [0.25, 0.3) is 32.1 Å². The number of hydrogen-bond acceptors (Lipinski definition) is 9. The van der Waals surface area contributed by atoms with Crippen molar-refractivity contribution in [3.8, 4) is 23.2 Å². The zero-order valence-corrected chi connectivity index (χ0v) is 27.2. The smallest absolute Gasteiger partial charge is 0.419 e. The average molecular weight is 735 g/mol. The molecule has 0 spiro atoms. The van der Waals surface area contributed by atoms with E-state index in [2.05, 4.69) is 20.2 Å². The number of aromatic amines is 1. The van der Waals surface area contributed by atoms with Gasteiger partial charge in [0.15, 0.2) is 0 Å². The molecule has 0 unspecified atom stereocenters. The van der Waals surface area contributed by atoms with Crippen LogP contribution in [-0.2, 0) is 25.3 Å². The molecule has 2 fully saturated rings. The van der Waals surface area contributed by atoms with Crippen LogP contribution in [0.15, 0.2) is 24.4 Å². The summed E-state index contributed by atoms with van der Waals surface area (Å²) in [6.07, 6.45) is -8.65. The molecule has 8 rings (SSSR count). The van der Waals surface area contributed by atoms with Gasteiger partial charge in [0.1, 0.15) is 35.5 Å². The molecule has 6 heterocycles. The molecule has 0 aliphatic carbocycles. The Balaban J connectivity index is 1.42. The van der Waals surface area contributed by atoms with Gasteiger partial charge >= 0.3 is 18.4 Å². The van der Waals surface area contributed by atoms with Gasteiger partial charge in [-0.2, -0.15) is 46.7 Å². The number of thiophene rings is 1. The number of fused-ring (bicyclic) bond motifs is 4. The van der Waals surface area contributed by atoms with Crippen molar-refractivity contribution >= 4 is 43.1 Å². The van der Waals surface area contributed by atoms with Crippen LogP contribution in [0.2, 0.25) is 0 Å². The summed E-state index contributed by atoms with van der Waals surface area (Å²) in [6, 6.07) is 3.25. The number of aromatic nitrogens is 4. The number of nitrogens with two attached hydrogens (primary N) is 1. The molecule has 18 heteroatoms. The van der Waals surface area contributed by atoms with Gasteiger partial charge in [-0.1, -0.05) is 6.07 Å². The molecule has 0 amide bonds. The van der Waals surface area contributed by atoms with E-state index in [1.807, 2.05) is 4.90 Å². The molecule has 2 saturated heterocycles. The SMILES string of the molecule is N#Cc1c(N)sc2c(F)ccc(-c3c(C(F)(F)F)cc4c(N5CCc6[nH]ncc6C5)nc(OC[C@@]56CCCN5C[C@H](F)C6)nc4c3C(F)(F)F)c12. The highest BCUT2D eigenvalue weighted by atomic mass is 32.1. The molecular weight excluding hydrogens is 708 g/mol. The Bertz CT molecular complexity index is 2260. The summed E-state index contributed by atoms with van der Waals surface area (Å²) in [5.41, 5.74) is -0.233. The van der Waals surface area contributed by atoms with E-state index in [4.69, 9.17) is 10.5 Å². The fourth-order valence-corrected chi connectivity index (χ4v) is 8.82. The van der Waals surface area contributed by atoms with E-state index in [1.165, 1.54) is 11.1 Å². The molecule has 3 aliphatic rings. The molecule has 5 aromatic rings.